The Labute approximate surface area is 194 Å². The van der Waals surface area contributed by atoms with E-state index in [0.717, 1.165) is 29.4 Å². The highest BCUT2D eigenvalue weighted by Crippen LogP contribution is 2.40. The second-order valence-electron chi connectivity index (χ2n) is 8.75. The summed E-state index contributed by atoms with van der Waals surface area (Å²) in [6.07, 6.45) is 3.67. The fourth-order valence-corrected chi connectivity index (χ4v) is 4.30. The molecule has 0 radical (unpaired) electrons. The van der Waals surface area contributed by atoms with Crippen LogP contribution in [0.2, 0.25) is 0 Å². The van der Waals surface area contributed by atoms with E-state index in [4.69, 9.17) is 0 Å². The number of hydrogen-bond acceptors (Lipinski definition) is 5. The third-order valence-electron chi connectivity index (χ3n) is 6.34. The average Bonchev–Trinajstić information content (AvgIpc) is 3.50. The molecule has 4 aromatic heterocycles. The van der Waals surface area contributed by atoms with E-state index in [-0.39, 0.29) is 6.04 Å². The lowest BCUT2D eigenvalue weighted by atomic mass is 10.0. The van der Waals surface area contributed by atoms with Crippen molar-refractivity contribution in [2.45, 2.75) is 51.9 Å². The van der Waals surface area contributed by atoms with E-state index in [1.54, 1.807) is 17.1 Å². The molecule has 1 aliphatic heterocycles. The van der Waals surface area contributed by atoms with E-state index in [0.29, 0.717) is 30.3 Å². The Balaban J connectivity index is 1.57. The molecule has 2 atom stereocenters. The average molecular weight is 471 g/mol. The van der Waals surface area contributed by atoms with Gasteiger partial charge in [0.2, 0.25) is 5.82 Å². The summed E-state index contributed by atoms with van der Waals surface area (Å²) < 4.78 is 48.1. The number of anilines is 2. The van der Waals surface area contributed by atoms with Gasteiger partial charge in [0.15, 0.2) is 12.0 Å². The monoisotopic (exact) mass is 470 g/mol. The zero-order valence-electron chi connectivity index (χ0n) is 19.3. The molecule has 11 heteroatoms. The van der Waals surface area contributed by atoms with Gasteiger partial charge in [0.05, 0.1) is 11.9 Å². The molecule has 0 saturated carbocycles. The van der Waals surface area contributed by atoms with Crippen molar-refractivity contribution in [3.8, 4) is 22.6 Å². The molecule has 178 valence electrons. The first-order valence-electron chi connectivity index (χ1n) is 11.1. The van der Waals surface area contributed by atoms with Crippen LogP contribution in [0.4, 0.5) is 24.8 Å². The Hall–Kier alpha value is -3.63. The van der Waals surface area contributed by atoms with Crippen molar-refractivity contribution >= 4 is 11.6 Å². The summed E-state index contributed by atoms with van der Waals surface area (Å²) >= 11 is 0. The standard InChI is InChI=1S/C23H25F3N8/c1-13-11-27-19(29-20-5-7-28-32(20)4)10-17(13)16-9-18-21-30-31-22(23(25,26)15(3)24)34(21)14(2)6-8-33(18)12-16/h5,7,9-12,14-15H,6,8H2,1-4H3,(H,27,29). The molecular weight excluding hydrogens is 445 g/mol. The number of pyridine rings is 1. The Morgan fingerprint density at radius 3 is 2.74 bits per heavy atom. The van der Waals surface area contributed by atoms with Crippen molar-refractivity contribution in [2.24, 2.45) is 7.05 Å². The van der Waals surface area contributed by atoms with Gasteiger partial charge in [-0.05, 0) is 50.5 Å². The quantitative estimate of drug-likeness (QED) is 0.444. The molecule has 0 aromatic carbocycles. The molecule has 4 aromatic rings. The van der Waals surface area contributed by atoms with E-state index >= 15 is 0 Å². The highest BCUT2D eigenvalue weighted by Gasteiger charge is 2.46. The summed E-state index contributed by atoms with van der Waals surface area (Å²) in [5.74, 6) is -2.60. The Morgan fingerprint density at radius 2 is 2.03 bits per heavy atom. The third-order valence-corrected chi connectivity index (χ3v) is 6.34. The normalized spacial score (nSPS) is 16.6. The molecule has 0 bridgehead atoms. The molecule has 0 fully saturated rings. The van der Waals surface area contributed by atoms with Crippen LogP contribution in [-0.4, -0.2) is 40.3 Å². The van der Waals surface area contributed by atoms with Crippen LogP contribution in [0, 0.1) is 6.92 Å². The van der Waals surface area contributed by atoms with Gasteiger partial charge in [-0.3, -0.25) is 4.68 Å². The molecule has 1 N–H and O–H groups in total. The van der Waals surface area contributed by atoms with Crippen LogP contribution in [0.3, 0.4) is 0 Å². The second-order valence-corrected chi connectivity index (χ2v) is 8.75. The predicted octanol–water partition coefficient (Wildman–Crippen LogP) is 5.01. The predicted molar refractivity (Wildman–Crippen MR) is 122 cm³/mol. The minimum atomic E-state index is -3.72. The fourth-order valence-electron chi connectivity index (χ4n) is 4.30. The topological polar surface area (TPSA) is 78.4 Å². The number of hydrogen-bond donors (Lipinski definition) is 1. The van der Waals surface area contributed by atoms with Crippen molar-refractivity contribution in [3.05, 3.63) is 48.2 Å². The highest BCUT2D eigenvalue weighted by atomic mass is 19.3. The number of nitrogens with zero attached hydrogens (tertiary/aromatic N) is 7. The van der Waals surface area contributed by atoms with Crippen molar-refractivity contribution in [1.29, 1.82) is 0 Å². The van der Waals surface area contributed by atoms with Gasteiger partial charge >= 0.3 is 5.92 Å². The summed E-state index contributed by atoms with van der Waals surface area (Å²) in [6.45, 7) is 5.24. The van der Waals surface area contributed by atoms with E-state index in [1.807, 2.05) is 49.9 Å². The van der Waals surface area contributed by atoms with Crippen molar-refractivity contribution in [1.82, 2.24) is 34.1 Å². The van der Waals surface area contributed by atoms with Crippen LogP contribution in [0.15, 0.2) is 36.8 Å². The first-order valence-corrected chi connectivity index (χ1v) is 11.1. The Kier molecular flexibility index (Phi) is 5.22. The number of aryl methyl sites for hydroxylation is 3. The minimum Gasteiger partial charge on any atom is -0.344 e. The van der Waals surface area contributed by atoms with Crippen molar-refractivity contribution < 1.29 is 13.2 Å². The first-order chi connectivity index (χ1) is 16.2. The van der Waals surface area contributed by atoms with Crippen molar-refractivity contribution in [2.75, 3.05) is 5.32 Å². The van der Waals surface area contributed by atoms with Crippen LogP contribution < -0.4 is 5.32 Å². The Bertz CT molecular complexity index is 1350. The van der Waals surface area contributed by atoms with Gasteiger partial charge in [0.1, 0.15) is 11.6 Å². The second kappa shape index (κ2) is 8.00. The number of fused-ring (bicyclic) bond motifs is 3. The van der Waals surface area contributed by atoms with Crippen LogP contribution in [0.5, 0.6) is 0 Å². The van der Waals surface area contributed by atoms with Gasteiger partial charge in [-0.1, -0.05) is 0 Å². The van der Waals surface area contributed by atoms with Gasteiger partial charge in [-0.2, -0.15) is 13.9 Å². The lowest BCUT2D eigenvalue weighted by Gasteiger charge is -2.21. The molecule has 1 aliphatic rings. The summed E-state index contributed by atoms with van der Waals surface area (Å²) in [5, 5.41) is 15.2. The molecule has 0 spiro atoms. The van der Waals surface area contributed by atoms with Gasteiger partial charge in [-0.25, -0.2) is 9.37 Å². The lowest BCUT2D eigenvalue weighted by Crippen LogP contribution is -2.30. The summed E-state index contributed by atoms with van der Waals surface area (Å²) in [5.41, 5.74) is 3.48. The number of nitrogens with one attached hydrogen (secondary N) is 1. The molecule has 5 heterocycles. The summed E-state index contributed by atoms with van der Waals surface area (Å²) in [4.78, 5) is 4.47. The zero-order chi connectivity index (χ0) is 24.2. The number of aromatic nitrogens is 7. The molecule has 0 amide bonds. The summed E-state index contributed by atoms with van der Waals surface area (Å²) in [6, 6.07) is 5.40. The maximum atomic E-state index is 14.6. The number of halogens is 3. The molecule has 0 saturated heterocycles. The lowest BCUT2D eigenvalue weighted by molar-refractivity contribution is -0.0822. The molecule has 8 nitrogen and oxygen atoms in total. The first kappa shape index (κ1) is 22.2. The van der Waals surface area contributed by atoms with Crippen LogP contribution in [-0.2, 0) is 19.5 Å². The molecule has 0 aliphatic carbocycles. The van der Waals surface area contributed by atoms with Crippen LogP contribution in [0.1, 0.15) is 37.7 Å². The van der Waals surface area contributed by atoms with Gasteiger partial charge < -0.3 is 14.5 Å². The maximum Gasteiger partial charge on any atom is 0.336 e. The van der Waals surface area contributed by atoms with E-state index in [1.165, 1.54) is 4.57 Å². The molecule has 34 heavy (non-hydrogen) atoms. The fraction of sp³-hybridized carbons (Fsp3) is 0.391. The van der Waals surface area contributed by atoms with Crippen molar-refractivity contribution in [3.63, 3.8) is 0 Å². The smallest absolute Gasteiger partial charge is 0.336 e. The highest BCUT2D eigenvalue weighted by molar-refractivity contribution is 5.74. The third kappa shape index (κ3) is 3.55. The largest absolute Gasteiger partial charge is 0.344 e. The van der Waals surface area contributed by atoms with Gasteiger partial charge in [0.25, 0.3) is 0 Å². The molecular formula is C23H25F3N8. The Morgan fingerprint density at radius 1 is 1.24 bits per heavy atom. The number of alkyl halides is 3. The minimum absolute atomic E-state index is 0.301. The van der Waals surface area contributed by atoms with E-state index in [9.17, 15) is 13.2 Å². The van der Waals surface area contributed by atoms with Gasteiger partial charge in [-0.15, -0.1) is 10.2 Å². The van der Waals surface area contributed by atoms with E-state index in [2.05, 4.69) is 25.6 Å². The number of rotatable bonds is 5. The van der Waals surface area contributed by atoms with Crippen LogP contribution >= 0.6 is 0 Å². The maximum absolute atomic E-state index is 14.6. The zero-order valence-corrected chi connectivity index (χ0v) is 19.3. The van der Waals surface area contributed by atoms with E-state index < -0.39 is 17.9 Å². The summed E-state index contributed by atoms with van der Waals surface area (Å²) in [7, 11) is 1.83. The van der Waals surface area contributed by atoms with Gasteiger partial charge in [0, 0.05) is 43.7 Å². The molecule has 5 rings (SSSR count). The molecule has 2 unspecified atom stereocenters. The SMILES string of the molecule is Cc1cnc(Nc2ccnn2C)cc1-c1cc2n(c1)CCC(C)n1c-2nnc1C(F)(F)C(C)F. The van der Waals surface area contributed by atoms with Crippen LogP contribution in [0.25, 0.3) is 22.6 Å².